The minimum absolute atomic E-state index is 0.0960. The highest BCUT2D eigenvalue weighted by Crippen LogP contribution is 2.29. The van der Waals surface area contributed by atoms with Gasteiger partial charge in [-0.2, -0.15) is 0 Å². The van der Waals surface area contributed by atoms with Crippen LogP contribution in [0.5, 0.6) is 0 Å². The Bertz CT molecular complexity index is 929. The van der Waals surface area contributed by atoms with E-state index < -0.39 is 5.91 Å². The number of rotatable bonds is 4. The summed E-state index contributed by atoms with van der Waals surface area (Å²) in [7, 11) is 3.43. The highest BCUT2D eigenvalue weighted by molar-refractivity contribution is 7.80. The number of hydrogen-bond acceptors (Lipinski definition) is 3. The van der Waals surface area contributed by atoms with Crippen molar-refractivity contribution in [3.05, 3.63) is 41.2 Å². The molecule has 3 rings (SSSR count). The summed E-state index contributed by atoms with van der Waals surface area (Å²) in [6.45, 7) is 2.16. The van der Waals surface area contributed by atoms with Crippen LogP contribution in [-0.4, -0.2) is 45.4 Å². The predicted molar refractivity (Wildman–Crippen MR) is 102 cm³/mol. The molecule has 2 aromatic rings. The highest BCUT2D eigenvalue weighted by Gasteiger charge is 2.33. The number of likely N-dealkylation sites (N-methyl/N-ethyl adjacent to an activating group) is 2. The monoisotopic (exact) mass is 356 g/mol. The fraction of sp³-hybridized carbons (Fsp3) is 0.278. The van der Waals surface area contributed by atoms with Crippen molar-refractivity contribution in [1.29, 1.82) is 0 Å². The highest BCUT2D eigenvalue weighted by atomic mass is 32.1. The Kier molecular flexibility index (Phi) is 4.34. The molecule has 1 aliphatic heterocycles. The van der Waals surface area contributed by atoms with Crippen LogP contribution in [0.3, 0.4) is 0 Å². The maximum Gasteiger partial charge on any atom is 0.276 e. The number of fused-ring (bicyclic) bond motifs is 1. The van der Waals surface area contributed by atoms with E-state index in [1.54, 1.807) is 19.0 Å². The van der Waals surface area contributed by atoms with Crippen LogP contribution in [0.25, 0.3) is 17.0 Å². The summed E-state index contributed by atoms with van der Waals surface area (Å²) < 4.78 is 1.85. The van der Waals surface area contributed by atoms with Crippen LogP contribution in [-0.2, 0) is 22.6 Å². The number of hydrogen-bond donors (Lipinski definition) is 1. The maximum atomic E-state index is 12.4. The van der Waals surface area contributed by atoms with E-state index in [9.17, 15) is 9.59 Å². The van der Waals surface area contributed by atoms with Crippen LogP contribution in [0.2, 0.25) is 0 Å². The first-order chi connectivity index (χ1) is 11.8. The minimum atomic E-state index is -0.406. The van der Waals surface area contributed by atoms with Crippen molar-refractivity contribution in [2.24, 2.45) is 5.73 Å². The lowest BCUT2D eigenvalue weighted by molar-refractivity contribution is -0.121. The number of nitrogens with zero attached hydrogens (tertiary/aromatic N) is 3. The van der Waals surface area contributed by atoms with E-state index in [0.717, 1.165) is 28.5 Å². The van der Waals surface area contributed by atoms with E-state index in [-0.39, 0.29) is 12.5 Å². The Morgan fingerprint density at radius 1 is 1.28 bits per heavy atom. The zero-order valence-corrected chi connectivity index (χ0v) is 15.3. The molecule has 0 atom stereocenters. The molecule has 0 aliphatic carbocycles. The topological polar surface area (TPSA) is 71.6 Å². The smallest absolute Gasteiger partial charge is 0.276 e. The molecule has 1 fully saturated rings. The molecule has 0 unspecified atom stereocenters. The Morgan fingerprint density at radius 3 is 2.56 bits per heavy atom. The first-order valence-electron chi connectivity index (χ1n) is 8.01. The van der Waals surface area contributed by atoms with Gasteiger partial charge in [0, 0.05) is 31.2 Å². The number of nitrogens with two attached hydrogens (primary N) is 1. The lowest BCUT2D eigenvalue weighted by atomic mass is 10.1. The number of benzene rings is 1. The number of amides is 2. The van der Waals surface area contributed by atoms with Gasteiger partial charge in [-0.05, 0) is 30.3 Å². The zero-order valence-electron chi connectivity index (χ0n) is 14.4. The first-order valence-corrected chi connectivity index (χ1v) is 8.42. The van der Waals surface area contributed by atoms with Crippen molar-refractivity contribution >= 4 is 46.1 Å². The molecule has 1 aliphatic rings. The molecular formula is C18H20N4O2S. The summed E-state index contributed by atoms with van der Waals surface area (Å²) in [5.74, 6) is -0.549. The lowest BCUT2D eigenvalue weighted by Crippen LogP contribution is -2.26. The number of primary amides is 1. The normalized spacial score (nSPS) is 16.5. The van der Waals surface area contributed by atoms with Crippen LogP contribution in [0.4, 0.5) is 0 Å². The van der Waals surface area contributed by atoms with Crippen LogP contribution in [0.1, 0.15) is 18.1 Å². The summed E-state index contributed by atoms with van der Waals surface area (Å²) in [6, 6.07) is 6.00. The Hall–Kier alpha value is -2.67. The van der Waals surface area contributed by atoms with Gasteiger partial charge in [-0.1, -0.05) is 25.1 Å². The van der Waals surface area contributed by atoms with E-state index >= 15 is 0 Å². The van der Waals surface area contributed by atoms with Gasteiger partial charge in [0.25, 0.3) is 5.91 Å². The second kappa shape index (κ2) is 6.33. The average molecular weight is 356 g/mol. The molecule has 2 heterocycles. The lowest BCUT2D eigenvalue weighted by Gasteiger charge is -2.10. The number of para-hydroxylation sites is 1. The maximum absolute atomic E-state index is 12.4. The zero-order chi connectivity index (χ0) is 18.3. The molecule has 1 saturated heterocycles. The second-order valence-corrected chi connectivity index (χ2v) is 6.45. The molecular weight excluding hydrogens is 336 g/mol. The van der Waals surface area contributed by atoms with Gasteiger partial charge < -0.3 is 15.2 Å². The van der Waals surface area contributed by atoms with Gasteiger partial charge in [-0.15, -0.1) is 0 Å². The van der Waals surface area contributed by atoms with Crippen LogP contribution >= 0.6 is 12.2 Å². The summed E-state index contributed by atoms with van der Waals surface area (Å²) in [4.78, 5) is 27.0. The van der Waals surface area contributed by atoms with Gasteiger partial charge in [0.05, 0.1) is 5.52 Å². The van der Waals surface area contributed by atoms with Gasteiger partial charge in [0.2, 0.25) is 5.91 Å². The van der Waals surface area contributed by atoms with E-state index in [1.807, 2.05) is 35.0 Å². The third kappa shape index (κ3) is 2.80. The van der Waals surface area contributed by atoms with E-state index in [4.69, 9.17) is 18.0 Å². The number of aryl methyl sites for hydroxylation is 1. The molecule has 25 heavy (non-hydrogen) atoms. The molecule has 0 saturated carbocycles. The van der Waals surface area contributed by atoms with Gasteiger partial charge >= 0.3 is 0 Å². The summed E-state index contributed by atoms with van der Waals surface area (Å²) in [5.41, 5.74) is 8.87. The first kappa shape index (κ1) is 17.2. The van der Waals surface area contributed by atoms with E-state index in [0.29, 0.717) is 10.8 Å². The largest absolute Gasteiger partial charge is 0.368 e. The van der Waals surface area contributed by atoms with Crippen molar-refractivity contribution in [2.75, 3.05) is 14.1 Å². The summed E-state index contributed by atoms with van der Waals surface area (Å²) in [5, 5.41) is 1.45. The number of carbonyl (C=O) groups is 2. The Labute approximate surface area is 151 Å². The van der Waals surface area contributed by atoms with Crippen molar-refractivity contribution in [1.82, 2.24) is 14.4 Å². The minimum Gasteiger partial charge on any atom is -0.368 e. The molecule has 7 heteroatoms. The van der Waals surface area contributed by atoms with Crippen molar-refractivity contribution in [3.8, 4) is 0 Å². The van der Waals surface area contributed by atoms with Gasteiger partial charge in [0.1, 0.15) is 12.2 Å². The third-order valence-corrected chi connectivity index (χ3v) is 5.02. The SMILES string of the molecule is CCc1cccc2c(/C=C3/C(=O)N(C)C(=S)N3C)cn(CC(N)=O)c12. The van der Waals surface area contributed by atoms with E-state index in [1.165, 1.54) is 4.90 Å². The average Bonchev–Trinajstić information content (AvgIpc) is 3.01. The number of thiocarbonyl (C=S) groups is 1. The molecule has 0 bridgehead atoms. The van der Waals surface area contributed by atoms with Crippen LogP contribution < -0.4 is 5.73 Å². The van der Waals surface area contributed by atoms with Gasteiger partial charge in [-0.3, -0.25) is 14.5 Å². The fourth-order valence-corrected chi connectivity index (χ4v) is 3.38. The fourth-order valence-electron chi connectivity index (χ4n) is 3.19. The molecule has 2 amide bonds. The molecule has 1 aromatic heterocycles. The van der Waals surface area contributed by atoms with Gasteiger partial charge in [-0.25, -0.2) is 0 Å². The van der Waals surface area contributed by atoms with Crippen molar-refractivity contribution in [3.63, 3.8) is 0 Å². The quantitative estimate of drug-likeness (QED) is 0.669. The molecule has 2 N–H and O–H groups in total. The van der Waals surface area contributed by atoms with E-state index in [2.05, 4.69) is 6.92 Å². The summed E-state index contributed by atoms with van der Waals surface area (Å²) >= 11 is 5.26. The van der Waals surface area contributed by atoms with Gasteiger partial charge in [0.15, 0.2) is 5.11 Å². The molecule has 0 radical (unpaired) electrons. The second-order valence-electron chi connectivity index (χ2n) is 6.08. The van der Waals surface area contributed by atoms with Crippen molar-refractivity contribution < 1.29 is 9.59 Å². The Balaban J connectivity index is 2.21. The molecule has 0 spiro atoms. The van der Waals surface area contributed by atoms with Crippen LogP contribution in [0.15, 0.2) is 30.1 Å². The Morgan fingerprint density at radius 2 is 2.00 bits per heavy atom. The van der Waals surface area contributed by atoms with Crippen molar-refractivity contribution in [2.45, 2.75) is 19.9 Å². The number of carbonyl (C=O) groups excluding carboxylic acids is 2. The number of aromatic nitrogens is 1. The standard InChI is InChI=1S/C18H20N4O2S/c1-4-11-6-5-7-13-12(9-22(16(11)13)10-15(19)23)8-14-17(24)21(3)18(25)20(14)2/h5-9H,4,10H2,1-3H3,(H2,19,23)/b14-8-. The molecule has 130 valence electrons. The summed E-state index contributed by atoms with van der Waals surface area (Å²) in [6.07, 6.45) is 4.52. The van der Waals surface area contributed by atoms with Crippen LogP contribution in [0, 0.1) is 0 Å². The predicted octanol–water partition coefficient (Wildman–Crippen LogP) is 1.72. The third-order valence-electron chi connectivity index (χ3n) is 4.47. The molecule has 6 nitrogen and oxygen atoms in total. The molecule has 1 aromatic carbocycles.